The van der Waals surface area contributed by atoms with Crippen LogP contribution in [0.5, 0.6) is 0 Å². The number of rotatable bonds is 1. The first kappa shape index (κ1) is 12.1. The van der Waals surface area contributed by atoms with E-state index in [0.717, 1.165) is 18.7 Å². The van der Waals surface area contributed by atoms with Gasteiger partial charge in [-0.25, -0.2) is 0 Å². The second-order valence-electron chi connectivity index (χ2n) is 4.63. The lowest BCUT2D eigenvalue weighted by Crippen LogP contribution is -2.50. The van der Waals surface area contributed by atoms with Crippen LogP contribution in [0.15, 0.2) is 11.1 Å². The summed E-state index contributed by atoms with van der Waals surface area (Å²) in [6, 6.07) is 0. The van der Waals surface area contributed by atoms with Crippen LogP contribution in [0, 0.1) is 0 Å². The molecule has 2 fully saturated rings. The fourth-order valence-electron chi connectivity index (χ4n) is 2.13. The van der Waals surface area contributed by atoms with E-state index in [1.165, 1.54) is 5.57 Å². The van der Waals surface area contributed by atoms with Gasteiger partial charge in [-0.1, -0.05) is 0 Å². The Morgan fingerprint density at radius 1 is 1.00 bits per heavy atom. The summed E-state index contributed by atoms with van der Waals surface area (Å²) in [4.78, 5) is 27.0. The minimum Gasteiger partial charge on any atom is -0.339 e. The fraction of sp³-hybridized carbons (Fsp3) is 0.667. The van der Waals surface area contributed by atoms with Crippen molar-refractivity contribution in [3.63, 3.8) is 0 Å². The third-order valence-electron chi connectivity index (χ3n) is 3.54. The number of piperazine rings is 1. The molecule has 0 aromatic heterocycles. The SMILES string of the molecule is CC(=O)N1CCN(C(=O)C(C)=C2CNC2)CC1. The van der Waals surface area contributed by atoms with Gasteiger partial charge in [0.15, 0.2) is 0 Å². The van der Waals surface area contributed by atoms with E-state index < -0.39 is 0 Å². The predicted molar refractivity (Wildman–Crippen MR) is 64.4 cm³/mol. The molecule has 1 N–H and O–H groups in total. The molecule has 94 valence electrons. The summed E-state index contributed by atoms with van der Waals surface area (Å²) in [5, 5.41) is 3.14. The van der Waals surface area contributed by atoms with Crippen molar-refractivity contribution in [2.24, 2.45) is 0 Å². The molecule has 17 heavy (non-hydrogen) atoms. The highest BCUT2D eigenvalue weighted by atomic mass is 16.2. The molecule has 2 aliphatic rings. The third kappa shape index (κ3) is 2.49. The monoisotopic (exact) mass is 237 g/mol. The second kappa shape index (κ2) is 4.87. The lowest BCUT2D eigenvalue weighted by atomic mass is 10.0. The van der Waals surface area contributed by atoms with Gasteiger partial charge in [-0.05, 0) is 12.5 Å². The van der Waals surface area contributed by atoms with Gasteiger partial charge in [0.2, 0.25) is 11.8 Å². The predicted octanol–water partition coefficient (Wildman–Crippen LogP) is -0.403. The number of nitrogens with zero attached hydrogens (tertiary/aromatic N) is 2. The van der Waals surface area contributed by atoms with Gasteiger partial charge in [0.05, 0.1) is 0 Å². The molecule has 2 aliphatic heterocycles. The number of hydrogen-bond acceptors (Lipinski definition) is 3. The summed E-state index contributed by atoms with van der Waals surface area (Å²) in [5.41, 5.74) is 2.09. The van der Waals surface area contributed by atoms with E-state index in [1.54, 1.807) is 11.8 Å². The molecule has 2 saturated heterocycles. The van der Waals surface area contributed by atoms with Crippen LogP contribution in [-0.4, -0.2) is 60.9 Å². The molecule has 0 aromatic carbocycles. The van der Waals surface area contributed by atoms with Crippen molar-refractivity contribution < 1.29 is 9.59 Å². The molecule has 5 nitrogen and oxygen atoms in total. The van der Waals surface area contributed by atoms with Gasteiger partial charge in [-0.2, -0.15) is 0 Å². The zero-order valence-electron chi connectivity index (χ0n) is 10.5. The fourth-order valence-corrected chi connectivity index (χ4v) is 2.13. The smallest absolute Gasteiger partial charge is 0.249 e. The molecular weight excluding hydrogens is 218 g/mol. The van der Waals surface area contributed by atoms with E-state index in [0.29, 0.717) is 26.2 Å². The van der Waals surface area contributed by atoms with Crippen LogP contribution in [0.1, 0.15) is 13.8 Å². The maximum atomic E-state index is 12.1. The molecule has 0 bridgehead atoms. The van der Waals surface area contributed by atoms with Gasteiger partial charge in [0, 0.05) is 51.8 Å². The van der Waals surface area contributed by atoms with Crippen molar-refractivity contribution in [3.05, 3.63) is 11.1 Å². The van der Waals surface area contributed by atoms with Gasteiger partial charge in [0.25, 0.3) is 0 Å². The zero-order valence-corrected chi connectivity index (χ0v) is 10.5. The van der Waals surface area contributed by atoms with Gasteiger partial charge >= 0.3 is 0 Å². The van der Waals surface area contributed by atoms with Crippen LogP contribution in [-0.2, 0) is 9.59 Å². The van der Waals surface area contributed by atoms with Crippen LogP contribution in [0.25, 0.3) is 0 Å². The van der Waals surface area contributed by atoms with E-state index in [4.69, 9.17) is 0 Å². The number of carbonyl (C=O) groups excluding carboxylic acids is 2. The van der Waals surface area contributed by atoms with E-state index in [-0.39, 0.29) is 11.8 Å². The Bertz CT molecular complexity index is 362. The minimum atomic E-state index is 0.0929. The maximum absolute atomic E-state index is 12.1. The first-order valence-electron chi connectivity index (χ1n) is 6.03. The molecule has 0 aliphatic carbocycles. The molecule has 0 atom stereocenters. The lowest BCUT2D eigenvalue weighted by Gasteiger charge is -2.35. The molecule has 0 radical (unpaired) electrons. The molecule has 5 heteroatoms. The topological polar surface area (TPSA) is 52.7 Å². The normalized spacial score (nSPS) is 20.0. The van der Waals surface area contributed by atoms with E-state index in [9.17, 15) is 9.59 Å². The molecule has 0 spiro atoms. The standard InChI is InChI=1S/C12H19N3O2/c1-9(11-7-13-8-11)12(17)15-5-3-14(4-6-15)10(2)16/h13H,3-8H2,1-2H3. The summed E-state index contributed by atoms with van der Waals surface area (Å²) in [5.74, 6) is 0.222. The van der Waals surface area contributed by atoms with Crippen LogP contribution in [0.2, 0.25) is 0 Å². The highest BCUT2D eigenvalue weighted by molar-refractivity contribution is 5.94. The molecule has 0 unspecified atom stereocenters. The molecule has 0 saturated carbocycles. The van der Waals surface area contributed by atoms with Crippen molar-refractivity contribution in [1.82, 2.24) is 15.1 Å². The Morgan fingerprint density at radius 2 is 1.53 bits per heavy atom. The third-order valence-corrected chi connectivity index (χ3v) is 3.54. The Morgan fingerprint density at radius 3 is 1.94 bits per heavy atom. The van der Waals surface area contributed by atoms with Gasteiger partial charge < -0.3 is 15.1 Å². The lowest BCUT2D eigenvalue weighted by molar-refractivity contribution is -0.136. The van der Waals surface area contributed by atoms with Crippen LogP contribution in [0.4, 0.5) is 0 Å². The number of amides is 2. The highest BCUT2D eigenvalue weighted by Crippen LogP contribution is 2.13. The van der Waals surface area contributed by atoms with Crippen LogP contribution in [0.3, 0.4) is 0 Å². The molecular formula is C12H19N3O2. The van der Waals surface area contributed by atoms with Crippen molar-refractivity contribution in [1.29, 1.82) is 0 Å². The molecule has 2 amide bonds. The van der Waals surface area contributed by atoms with Gasteiger partial charge in [-0.15, -0.1) is 0 Å². The van der Waals surface area contributed by atoms with Crippen molar-refractivity contribution in [3.8, 4) is 0 Å². The largest absolute Gasteiger partial charge is 0.339 e. The van der Waals surface area contributed by atoms with Crippen molar-refractivity contribution in [2.45, 2.75) is 13.8 Å². The number of carbonyl (C=O) groups is 2. The average Bonchev–Trinajstić information content (AvgIpc) is 2.25. The Hall–Kier alpha value is -1.36. The zero-order chi connectivity index (χ0) is 12.4. The highest BCUT2D eigenvalue weighted by Gasteiger charge is 2.25. The van der Waals surface area contributed by atoms with Crippen molar-refractivity contribution in [2.75, 3.05) is 39.3 Å². The van der Waals surface area contributed by atoms with Gasteiger partial charge in [0.1, 0.15) is 0 Å². The first-order valence-corrected chi connectivity index (χ1v) is 6.03. The van der Waals surface area contributed by atoms with E-state index in [2.05, 4.69) is 5.32 Å². The quantitative estimate of drug-likeness (QED) is 0.631. The summed E-state index contributed by atoms with van der Waals surface area (Å²) in [6.07, 6.45) is 0. The molecule has 2 rings (SSSR count). The summed E-state index contributed by atoms with van der Waals surface area (Å²) in [6.45, 7) is 7.76. The number of nitrogens with one attached hydrogen (secondary N) is 1. The summed E-state index contributed by atoms with van der Waals surface area (Å²) >= 11 is 0. The van der Waals surface area contributed by atoms with E-state index in [1.807, 2.05) is 11.8 Å². The second-order valence-corrected chi connectivity index (χ2v) is 4.63. The Balaban J connectivity index is 1.92. The van der Waals surface area contributed by atoms with E-state index >= 15 is 0 Å². The first-order chi connectivity index (χ1) is 8.09. The maximum Gasteiger partial charge on any atom is 0.249 e. The summed E-state index contributed by atoms with van der Waals surface area (Å²) in [7, 11) is 0. The average molecular weight is 237 g/mol. The van der Waals surface area contributed by atoms with Crippen LogP contribution >= 0.6 is 0 Å². The van der Waals surface area contributed by atoms with Crippen LogP contribution < -0.4 is 5.32 Å². The number of hydrogen-bond donors (Lipinski definition) is 1. The minimum absolute atomic E-state index is 0.0929. The Labute approximate surface area is 101 Å². The summed E-state index contributed by atoms with van der Waals surface area (Å²) < 4.78 is 0. The molecule has 0 aromatic rings. The Kier molecular flexibility index (Phi) is 3.47. The van der Waals surface area contributed by atoms with Crippen molar-refractivity contribution >= 4 is 11.8 Å². The molecule has 2 heterocycles. The van der Waals surface area contributed by atoms with Gasteiger partial charge in [-0.3, -0.25) is 9.59 Å².